The van der Waals surface area contributed by atoms with Gasteiger partial charge in [0.05, 0.1) is 0 Å². The number of nitrogens with zero attached hydrogens (tertiary/aromatic N) is 1. The van der Waals surface area contributed by atoms with E-state index in [-0.39, 0.29) is 0 Å². The standard InChI is InChI=1S/C13H19ClN2S/c1-16(10-6-8-17-9-10)13-4-2-3-12(14)11(13)5-7-15/h2-4,10H,5-9,15H2,1H3. The Labute approximate surface area is 113 Å². The topological polar surface area (TPSA) is 29.3 Å². The van der Waals surface area contributed by atoms with Crippen LogP contribution in [0.1, 0.15) is 12.0 Å². The second kappa shape index (κ2) is 5.98. The smallest absolute Gasteiger partial charge is 0.0459 e. The van der Waals surface area contributed by atoms with Crippen molar-refractivity contribution in [2.24, 2.45) is 5.73 Å². The van der Waals surface area contributed by atoms with Crippen LogP contribution in [0.2, 0.25) is 5.02 Å². The van der Waals surface area contributed by atoms with Gasteiger partial charge in [-0.3, -0.25) is 0 Å². The molecular formula is C13H19ClN2S. The van der Waals surface area contributed by atoms with Crippen molar-refractivity contribution in [3.63, 3.8) is 0 Å². The number of benzene rings is 1. The lowest BCUT2D eigenvalue weighted by molar-refractivity contribution is 0.696. The summed E-state index contributed by atoms with van der Waals surface area (Å²) >= 11 is 8.30. The fourth-order valence-electron chi connectivity index (χ4n) is 2.29. The molecule has 0 saturated carbocycles. The number of hydrogen-bond acceptors (Lipinski definition) is 3. The van der Waals surface area contributed by atoms with Gasteiger partial charge in [0.25, 0.3) is 0 Å². The molecule has 1 atom stereocenters. The first kappa shape index (κ1) is 13.1. The maximum absolute atomic E-state index is 6.27. The van der Waals surface area contributed by atoms with Crippen LogP contribution in [0.4, 0.5) is 5.69 Å². The van der Waals surface area contributed by atoms with Crippen LogP contribution in [-0.2, 0) is 6.42 Å². The van der Waals surface area contributed by atoms with Crippen molar-refractivity contribution in [3.8, 4) is 0 Å². The van der Waals surface area contributed by atoms with Crippen LogP contribution in [0.5, 0.6) is 0 Å². The molecule has 0 aliphatic carbocycles. The van der Waals surface area contributed by atoms with Crippen molar-refractivity contribution in [2.45, 2.75) is 18.9 Å². The molecule has 0 bridgehead atoms. The monoisotopic (exact) mass is 270 g/mol. The third-order valence-electron chi connectivity index (χ3n) is 3.32. The van der Waals surface area contributed by atoms with Gasteiger partial charge in [0.2, 0.25) is 0 Å². The average molecular weight is 271 g/mol. The summed E-state index contributed by atoms with van der Waals surface area (Å²) in [5.74, 6) is 2.48. The summed E-state index contributed by atoms with van der Waals surface area (Å²) in [6.45, 7) is 0.643. The van der Waals surface area contributed by atoms with Gasteiger partial charge in [0, 0.05) is 29.6 Å². The molecule has 2 N–H and O–H groups in total. The zero-order chi connectivity index (χ0) is 12.3. The first-order valence-electron chi connectivity index (χ1n) is 6.02. The highest BCUT2D eigenvalue weighted by Crippen LogP contribution is 2.31. The molecule has 2 nitrogen and oxygen atoms in total. The van der Waals surface area contributed by atoms with E-state index in [9.17, 15) is 0 Å². The summed E-state index contributed by atoms with van der Waals surface area (Å²) in [4.78, 5) is 2.37. The van der Waals surface area contributed by atoms with Gasteiger partial charge in [-0.15, -0.1) is 0 Å². The molecule has 0 spiro atoms. The predicted molar refractivity (Wildman–Crippen MR) is 78.3 cm³/mol. The number of halogens is 1. The first-order valence-corrected chi connectivity index (χ1v) is 7.55. The van der Waals surface area contributed by atoms with E-state index in [1.165, 1.54) is 29.2 Å². The highest BCUT2D eigenvalue weighted by atomic mass is 35.5. The molecule has 1 unspecified atom stereocenters. The molecule has 2 rings (SSSR count). The maximum Gasteiger partial charge on any atom is 0.0459 e. The summed E-state index contributed by atoms with van der Waals surface area (Å²) < 4.78 is 0. The van der Waals surface area contributed by atoms with Crippen LogP contribution in [0.25, 0.3) is 0 Å². The molecule has 1 aliphatic heterocycles. The number of thioether (sulfide) groups is 1. The highest BCUT2D eigenvalue weighted by molar-refractivity contribution is 7.99. The molecule has 1 aliphatic rings. The van der Waals surface area contributed by atoms with Gasteiger partial charge >= 0.3 is 0 Å². The maximum atomic E-state index is 6.27. The van der Waals surface area contributed by atoms with Gasteiger partial charge in [-0.05, 0) is 42.8 Å². The molecule has 17 heavy (non-hydrogen) atoms. The number of nitrogens with two attached hydrogens (primary N) is 1. The van der Waals surface area contributed by atoms with Gasteiger partial charge in [-0.25, -0.2) is 0 Å². The molecular weight excluding hydrogens is 252 g/mol. The van der Waals surface area contributed by atoms with E-state index in [1.54, 1.807) is 0 Å². The fraction of sp³-hybridized carbons (Fsp3) is 0.538. The van der Waals surface area contributed by atoms with Crippen molar-refractivity contribution in [1.29, 1.82) is 0 Å². The highest BCUT2D eigenvalue weighted by Gasteiger charge is 2.22. The van der Waals surface area contributed by atoms with Crippen LogP contribution < -0.4 is 10.6 Å². The van der Waals surface area contributed by atoms with Crippen LogP contribution in [0, 0.1) is 0 Å². The third-order valence-corrected chi connectivity index (χ3v) is 4.82. The quantitative estimate of drug-likeness (QED) is 0.912. The van der Waals surface area contributed by atoms with E-state index in [0.29, 0.717) is 12.6 Å². The van der Waals surface area contributed by atoms with E-state index in [0.717, 1.165) is 11.4 Å². The second-order valence-electron chi connectivity index (χ2n) is 4.40. The van der Waals surface area contributed by atoms with Crippen LogP contribution in [-0.4, -0.2) is 31.1 Å². The average Bonchev–Trinajstić information content (AvgIpc) is 2.85. The summed E-state index contributed by atoms with van der Waals surface area (Å²) in [6.07, 6.45) is 2.11. The zero-order valence-corrected chi connectivity index (χ0v) is 11.7. The van der Waals surface area contributed by atoms with Crippen molar-refractivity contribution >= 4 is 29.1 Å². The number of anilines is 1. The Morgan fingerprint density at radius 1 is 1.53 bits per heavy atom. The normalized spacial score (nSPS) is 19.6. The minimum atomic E-state index is 0.634. The lowest BCUT2D eigenvalue weighted by Crippen LogP contribution is -2.32. The summed E-state index contributed by atoms with van der Waals surface area (Å²) in [5.41, 5.74) is 8.11. The third kappa shape index (κ3) is 2.90. The molecule has 94 valence electrons. The summed E-state index contributed by atoms with van der Waals surface area (Å²) in [6, 6.07) is 6.76. The van der Waals surface area contributed by atoms with E-state index < -0.39 is 0 Å². The van der Waals surface area contributed by atoms with Crippen LogP contribution in [0.3, 0.4) is 0 Å². The first-order chi connectivity index (χ1) is 8.24. The largest absolute Gasteiger partial charge is 0.370 e. The Morgan fingerprint density at radius 2 is 2.35 bits per heavy atom. The van der Waals surface area contributed by atoms with Crippen molar-refractivity contribution in [2.75, 3.05) is 30.0 Å². The molecule has 0 amide bonds. The number of hydrogen-bond donors (Lipinski definition) is 1. The van der Waals surface area contributed by atoms with E-state index >= 15 is 0 Å². The molecule has 1 fully saturated rings. The van der Waals surface area contributed by atoms with Crippen molar-refractivity contribution in [3.05, 3.63) is 28.8 Å². The van der Waals surface area contributed by atoms with Gasteiger partial charge in [-0.1, -0.05) is 17.7 Å². The number of rotatable bonds is 4. The Bertz CT molecular complexity index is 378. The Hall–Kier alpha value is -0.380. The van der Waals surface area contributed by atoms with Gasteiger partial charge < -0.3 is 10.6 Å². The molecule has 1 aromatic carbocycles. The van der Waals surface area contributed by atoms with Crippen LogP contribution >= 0.6 is 23.4 Å². The minimum Gasteiger partial charge on any atom is -0.370 e. The molecule has 1 aromatic rings. The lowest BCUT2D eigenvalue weighted by Gasteiger charge is -2.28. The zero-order valence-electron chi connectivity index (χ0n) is 10.2. The SMILES string of the molecule is CN(c1cccc(Cl)c1CCN)C1CCSC1. The van der Waals surface area contributed by atoms with Gasteiger partial charge in [0.15, 0.2) is 0 Å². The fourth-order valence-corrected chi connectivity index (χ4v) is 3.83. The molecule has 0 aromatic heterocycles. The van der Waals surface area contributed by atoms with Crippen LogP contribution in [0.15, 0.2) is 18.2 Å². The van der Waals surface area contributed by atoms with Gasteiger partial charge in [-0.2, -0.15) is 11.8 Å². The lowest BCUT2D eigenvalue weighted by atomic mass is 10.1. The predicted octanol–water partition coefficient (Wildman–Crippen LogP) is 2.78. The van der Waals surface area contributed by atoms with E-state index in [4.69, 9.17) is 17.3 Å². The second-order valence-corrected chi connectivity index (χ2v) is 5.96. The molecule has 4 heteroatoms. The van der Waals surface area contributed by atoms with Crippen molar-refractivity contribution < 1.29 is 0 Å². The Balaban J connectivity index is 2.26. The van der Waals surface area contributed by atoms with E-state index in [2.05, 4.69) is 18.0 Å². The molecule has 1 saturated heterocycles. The summed E-state index contributed by atoms with van der Waals surface area (Å²) in [7, 11) is 2.17. The molecule has 1 heterocycles. The summed E-state index contributed by atoms with van der Waals surface area (Å²) in [5, 5.41) is 0.838. The molecule has 0 radical (unpaired) electrons. The Morgan fingerprint density at radius 3 is 3.00 bits per heavy atom. The van der Waals surface area contributed by atoms with Gasteiger partial charge in [0.1, 0.15) is 0 Å². The minimum absolute atomic E-state index is 0.634. The van der Waals surface area contributed by atoms with Crippen molar-refractivity contribution in [1.82, 2.24) is 0 Å². The Kier molecular flexibility index (Phi) is 4.60. The van der Waals surface area contributed by atoms with E-state index in [1.807, 2.05) is 23.9 Å².